The molecule has 1 aliphatic rings. The summed E-state index contributed by atoms with van der Waals surface area (Å²) in [6, 6.07) is 10.7. The van der Waals surface area contributed by atoms with E-state index >= 15 is 0 Å². The molecule has 0 aliphatic carbocycles. The van der Waals surface area contributed by atoms with E-state index in [-0.39, 0.29) is 11.4 Å². The van der Waals surface area contributed by atoms with Gasteiger partial charge in [0.15, 0.2) is 0 Å². The fraction of sp³-hybridized carbons (Fsp3) is 0.316. The van der Waals surface area contributed by atoms with Gasteiger partial charge >= 0.3 is 0 Å². The zero-order valence-corrected chi connectivity index (χ0v) is 16.6. The molecule has 0 saturated carbocycles. The molecule has 1 aliphatic heterocycles. The molecule has 1 fully saturated rings. The Kier molecular flexibility index (Phi) is 6.26. The third kappa shape index (κ3) is 4.97. The second-order valence-corrected chi connectivity index (χ2v) is 8.59. The number of carbonyl (C=O) groups excluding carboxylic acids is 1. The van der Waals surface area contributed by atoms with Gasteiger partial charge in [0.05, 0.1) is 35.1 Å². The Morgan fingerprint density at radius 2 is 1.83 bits per heavy atom. The van der Waals surface area contributed by atoms with Crippen LogP contribution in [0.5, 0.6) is 0 Å². The third-order valence-corrected chi connectivity index (χ3v) is 6.53. The first-order valence-corrected chi connectivity index (χ1v) is 10.6. The zero-order valence-electron chi connectivity index (χ0n) is 15.8. The molecule has 9 nitrogen and oxygen atoms in total. The molecular weight excluding hydrogens is 398 g/mol. The molecule has 1 saturated heterocycles. The van der Waals surface area contributed by atoms with Gasteiger partial charge in [0.1, 0.15) is 0 Å². The fourth-order valence-electron chi connectivity index (χ4n) is 3.03. The van der Waals surface area contributed by atoms with E-state index in [1.165, 1.54) is 28.6 Å². The molecule has 10 heteroatoms. The zero-order chi connectivity index (χ0) is 21.0. The molecule has 0 spiro atoms. The van der Waals surface area contributed by atoms with Crippen molar-refractivity contribution in [3.05, 3.63) is 69.3 Å². The maximum Gasteiger partial charge on any atom is 0.274 e. The number of ether oxygens (including phenoxy) is 1. The Balaban J connectivity index is 1.69. The number of carbonyl (C=O) groups is 1. The van der Waals surface area contributed by atoms with E-state index < -0.39 is 20.9 Å². The summed E-state index contributed by atoms with van der Waals surface area (Å²) in [4.78, 5) is 23.0. The SMILES string of the molecule is Cc1c(NC(=O)c2ccc(CS(=O)(=O)N3CCOCC3)cc2)cccc1[N+](=O)[O-]. The van der Waals surface area contributed by atoms with Gasteiger partial charge in [-0.2, -0.15) is 4.31 Å². The monoisotopic (exact) mass is 419 g/mol. The van der Waals surface area contributed by atoms with E-state index in [4.69, 9.17) is 4.74 Å². The van der Waals surface area contributed by atoms with E-state index in [0.29, 0.717) is 48.7 Å². The van der Waals surface area contributed by atoms with Crippen molar-refractivity contribution in [2.45, 2.75) is 12.7 Å². The van der Waals surface area contributed by atoms with Gasteiger partial charge in [0.25, 0.3) is 11.6 Å². The first kappa shape index (κ1) is 20.9. The lowest BCUT2D eigenvalue weighted by molar-refractivity contribution is -0.385. The predicted molar refractivity (Wildman–Crippen MR) is 107 cm³/mol. The van der Waals surface area contributed by atoms with Crippen LogP contribution in [0.15, 0.2) is 42.5 Å². The summed E-state index contributed by atoms with van der Waals surface area (Å²) in [6.07, 6.45) is 0. The smallest absolute Gasteiger partial charge is 0.274 e. The molecule has 29 heavy (non-hydrogen) atoms. The molecule has 1 amide bonds. The Hall–Kier alpha value is -2.82. The van der Waals surface area contributed by atoms with Gasteiger partial charge in [-0.05, 0) is 30.7 Å². The molecule has 0 unspecified atom stereocenters. The summed E-state index contributed by atoms with van der Waals surface area (Å²) in [6.45, 7) is 3.01. The van der Waals surface area contributed by atoms with Crippen LogP contribution >= 0.6 is 0 Å². The minimum atomic E-state index is -3.45. The summed E-state index contributed by atoms with van der Waals surface area (Å²) in [5, 5.41) is 13.7. The highest BCUT2D eigenvalue weighted by molar-refractivity contribution is 7.88. The highest BCUT2D eigenvalue weighted by Crippen LogP contribution is 2.25. The van der Waals surface area contributed by atoms with Crippen molar-refractivity contribution in [2.24, 2.45) is 0 Å². The van der Waals surface area contributed by atoms with Gasteiger partial charge in [-0.25, -0.2) is 8.42 Å². The first-order chi connectivity index (χ1) is 13.8. The van der Waals surface area contributed by atoms with Gasteiger partial charge in [-0.1, -0.05) is 18.2 Å². The minimum Gasteiger partial charge on any atom is -0.379 e. The average molecular weight is 419 g/mol. The van der Waals surface area contributed by atoms with E-state index in [9.17, 15) is 23.3 Å². The quantitative estimate of drug-likeness (QED) is 0.567. The number of nitrogens with one attached hydrogen (secondary N) is 1. The summed E-state index contributed by atoms with van der Waals surface area (Å²) in [5.74, 6) is -0.588. The molecule has 2 aromatic rings. The summed E-state index contributed by atoms with van der Waals surface area (Å²) < 4.78 is 31.5. The summed E-state index contributed by atoms with van der Waals surface area (Å²) >= 11 is 0. The molecule has 0 atom stereocenters. The van der Waals surface area contributed by atoms with Crippen molar-refractivity contribution in [3.63, 3.8) is 0 Å². The third-order valence-electron chi connectivity index (χ3n) is 4.68. The molecule has 0 radical (unpaired) electrons. The number of nitro benzene ring substituents is 1. The Labute approximate surface area is 168 Å². The van der Waals surface area contributed by atoms with Crippen molar-refractivity contribution in [1.82, 2.24) is 4.31 Å². The number of rotatable bonds is 6. The Morgan fingerprint density at radius 3 is 2.45 bits per heavy atom. The maximum atomic E-state index is 12.5. The van der Waals surface area contributed by atoms with Crippen LogP contribution in [0.1, 0.15) is 21.5 Å². The average Bonchev–Trinajstić information content (AvgIpc) is 2.70. The van der Waals surface area contributed by atoms with Crippen LogP contribution in [0.25, 0.3) is 0 Å². The molecule has 0 bridgehead atoms. The van der Waals surface area contributed by atoms with Gasteiger partial charge in [-0.15, -0.1) is 0 Å². The number of anilines is 1. The molecule has 154 valence electrons. The van der Waals surface area contributed by atoms with Gasteiger partial charge < -0.3 is 10.1 Å². The van der Waals surface area contributed by atoms with Gasteiger partial charge in [0, 0.05) is 24.7 Å². The van der Waals surface area contributed by atoms with Crippen molar-refractivity contribution < 1.29 is 22.9 Å². The summed E-state index contributed by atoms with van der Waals surface area (Å²) in [5.41, 5.74) is 1.52. The lowest BCUT2D eigenvalue weighted by Gasteiger charge is -2.26. The number of benzene rings is 2. The van der Waals surface area contributed by atoms with Crippen molar-refractivity contribution in [1.29, 1.82) is 0 Å². The second-order valence-electron chi connectivity index (χ2n) is 6.63. The minimum absolute atomic E-state index is 0.0773. The van der Waals surface area contributed by atoms with Crippen molar-refractivity contribution in [3.8, 4) is 0 Å². The summed E-state index contributed by atoms with van der Waals surface area (Å²) in [7, 11) is -3.45. The van der Waals surface area contributed by atoms with Crippen LogP contribution < -0.4 is 5.32 Å². The number of sulfonamides is 1. The largest absolute Gasteiger partial charge is 0.379 e. The fourth-order valence-corrected chi connectivity index (χ4v) is 4.53. The maximum absolute atomic E-state index is 12.5. The number of nitrogens with zero attached hydrogens (tertiary/aromatic N) is 2. The normalized spacial score (nSPS) is 15.1. The first-order valence-electron chi connectivity index (χ1n) is 8.98. The second kappa shape index (κ2) is 8.68. The highest BCUT2D eigenvalue weighted by Gasteiger charge is 2.24. The molecule has 3 rings (SSSR count). The number of hydrogen-bond donors (Lipinski definition) is 1. The standard InChI is InChI=1S/C19H21N3O6S/c1-14-17(3-2-4-18(14)22(24)25)20-19(23)16-7-5-15(6-8-16)13-29(26,27)21-9-11-28-12-10-21/h2-8H,9-13H2,1H3,(H,20,23). The van der Waals surface area contributed by atoms with E-state index in [1.54, 1.807) is 25.1 Å². The van der Waals surface area contributed by atoms with E-state index in [0.717, 1.165) is 0 Å². The number of morpholine rings is 1. The van der Waals surface area contributed by atoms with E-state index in [2.05, 4.69) is 5.32 Å². The van der Waals surface area contributed by atoms with Crippen LogP contribution in [0, 0.1) is 17.0 Å². The Morgan fingerprint density at radius 1 is 1.17 bits per heavy atom. The lowest BCUT2D eigenvalue weighted by Crippen LogP contribution is -2.41. The van der Waals surface area contributed by atoms with Crippen LogP contribution in [0.4, 0.5) is 11.4 Å². The number of amides is 1. The number of hydrogen-bond acceptors (Lipinski definition) is 6. The van der Waals surface area contributed by atoms with Crippen LogP contribution in [0.2, 0.25) is 0 Å². The van der Waals surface area contributed by atoms with Crippen LogP contribution in [-0.4, -0.2) is 49.9 Å². The predicted octanol–water partition coefficient (Wildman–Crippen LogP) is 2.32. The van der Waals surface area contributed by atoms with Crippen LogP contribution in [0.3, 0.4) is 0 Å². The topological polar surface area (TPSA) is 119 Å². The van der Waals surface area contributed by atoms with Crippen LogP contribution in [-0.2, 0) is 20.5 Å². The van der Waals surface area contributed by atoms with Crippen molar-refractivity contribution in [2.75, 3.05) is 31.6 Å². The van der Waals surface area contributed by atoms with E-state index in [1.807, 2.05) is 0 Å². The molecule has 1 heterocycles. The Bertz CT molecular complexity index is 1010. The number of nitro groups is 1. The molecular formula is C19H21N3O6S. The van der Waals surface area contributed by atoms with Gasteiger partial charge in [0.2, 0.25) is 10.0 Å². The van der Waals surface area contributed by atoms with Gasteiger partial charge in [-0.3, -0.25) is 14.9 Å². The van der Waals surface area contributed by atoms with Crippen molar-refractivity contribution >= 4 is 27.3 Å². The molecule has 2 aromatic carbocycles. The molecule has 0 aromatic heterocycles. The lowest BCUT2D eigenvalue weighted by atomic mass is 10.1. The highest BCUT2D eigenvalue weighted by atomic mass is 32.2. The molecule has 1 N–H and O–H groups in total.